The van der Waals surface area contributed by atoms with Crippen LogP contribution in [0.1, 0.15) is 11.3 Å². The largest absolute Gasteiger partial charge is 0.497 e. The average molecular weight is 469 g/mol. The number of carbonyl (C=O) groups excluding carboxylic acids is 1. The summed E-state index contributed by atoms with van der Waals surface area (Å²) in [6, 6.07) is 18.7. The molecule has 0 unspecified atom stereocenters. The minimum Gasteiger partial charge on any atom is -0.497 e. The smallest absolute Gasteiger partial charge is 0.230 e. The molecule has 0 aliphatic carbocycles. The van der Waals surface area contributed by atoms with E-state index in [1.54, 1.807) is 25.5 Å². The number of hydrogen-bond acceptors (Lipinski definition) is 6. The molecule has 0 radical (unpaired) electrons. The Hall–Kier alpha value is -3.23. The number of aromatic nitrogens is 3. The maximum absolute atomic E-state index is 12.4. The van der Waals surface area contributed by atoms with Crippen LogP contribution in [0.5, 0.6) is 5.75 Å². The van der Waals surface area contributed by atoms with Crippen LogP contribution in [-0.2, 0) is 17.9 Å². The Morgan fingerprint density at radius 1 is 1.16 bits per heavy atom. The van der Waals surface area contributed by atoms with Crippen LogP contribution in [0.15, 0.2) is 76.5 Å². The summed E-state index contributed by atoms with van der Waals surface area (Å²) in [6.45, 7) is 0.881. The summed E-state index contributed by atoms with van der Waals surface area (Å²) < 4.78 is 12.8. The molecule has 2 aromatic heterocycles. The van der Waals surface area contributed by atoms with Crippen LogP contribution in [-0.4, -0.2) is 33.5 Å². The number of amides is 1. The second kappa shape index (κ2) is 10.4. The molecule has 0 saturated carbocycles. The summed E-state index contributed by atoms with van der Waals surface area (Å²) in [5.74, 6) is 2.28. The zero-order chi connectivity index (χ0) is 22.3. The normalized spacial score (nSPS) is 10.8. The molecule has 9 heteroatoms. The van der Waals surface area contributed by atoms with E-state index in [1.165, 1.54) is 11.8 Å². The first-order chi connectivity index (χ1) is 15.6. The van der Waals surface area contributed by atoms with E-state index in [-0.39, 0.29) is 11.7 Å². The van der Waals surface area contributed by atoms with Crippen LogP contribution in [0.4, 0.5) is 0 Å². The Kier molecular flexibility index (Phi) is 7.14. The minimum absolute atomic E-state index is 0.0968. The Bertz CT molecular complexity index is 1180. The number of nitrogens with zero attached hydrogens (tertiary/aromatic N) is 3. The van der Waals surface area contributed by atoms with Crippen LogP contribution in [0.25, 0.3) is 11.4 Å². The molecule has 4 aromatic rings. The third-order valence-electron chi connectivity index (χ3n) is 4.67. The molecule has 0 atom stereocenters. The molecule has 1 N–H and O–H groups in total. The summed E-state index contributed by atoms with van der Waals surface area (Å²) >= 11 is 7.22. The molecular weight excluding hydrogens is 448 g/mol. The second-order valence-corrected chi connectivity index (χ2v) is 8.27. The fourth-order valence-electron chi connectivity index (χ4n) is 3.06. The molecule has 164 valence electrons. The SMILES string of the molecule is COc1cccc(-c2nnc(SCC(=O)NCc3ccc(Cl)cc3)n2Cc2ccco2)c1. The molecule has 0 fully saturated rings. The molecule has 0 aliphatic rings. The second-order valence-electron chi connectivity index (χ2n) is 6.90. The van der Waals surface area contributed by atoms with Gasteiger partial charge in [-0.05, 0) is 42.0 Å². The molecule has 7 nitrogen and oxygen atoms in total. The van der Waals surface area contributed by atoms with Gasteiger partial charge in [-0.1, -0.05) is 47.6 Å². The van der Waals surface area contributed by atoms with Crippen molar-refractivity contribution in [2.75, 3.05) is 12.9 Å². The van der Waals surface area contributed by atoms with Gasteiger partial charge in [0.15, 0.2) is 11.0 Å². The Morgan fingerprint density at radius 2 is 2.00 bits per heavy atom. The quantitative estimate of drug-likeness (QED) is 0.360. The third kappa shape index (κ3) is 5.52. The van der Waals surface area contributed by atoms with E-state index in [2.05, 4.69) is 15.5 Å². The number of rotatable bonds is 9. The number of ether oxygens (including phenoxy) is 1. The maximum atomic E-state index is 12.4. The Labute approximate surface area is 194 Å². The summed E-state index contributed by atoms with van der Waals surface area (Å²) in [6.07, 6.45) is 1.63. The standard InChI is InChI=1S/C23H21ClN4O3S/c1-30-19-5-2-4-17(12-19)22-26-27-23(28(22)14-20-6-3-11-31-20)32-15-21(29)25-13-16-7-9-18(24)10-8-16/h2-12H,13-15H2,1H3,(H,25,29). The van der Waals surface area contributed by atoms with E-state index in [9.17, 15) is 4.79 Å². The number of thioether (sulfide) groups is 1. The van der Waals surface area contributed by atoms with Gasteiger partial charge >= 0.3 is 0 Å². The van der Waals surface area contributed by atoms with Gasteiger partial charge in [0.25, 0.3) is 0 Å². The highest BCUT2D eigenvalue weighted by molar-refractivity contribution is 7.99. The molecule has 0 spiro atoms. The fourth-order valence-corrected chi connectivity index (χ4v) is 3.95. The summed E-state index contributed by atoms with van der Waals surface area (Å²) in [4.78, 5) is 12.4. The maximum Gasteiger partial charge on any atom is 0.230 e. The predicted octanol–water partition coefficient (Wildman–Crippen LogP) is 4.66. The lowest BCUT2D eigenvalue weighted by atomic mass is 10.2. The van der Waals surface area contributed by atoms with E-state index in [0.29, 0.717) is 29.1 Å². The summed E-state index contributed by atoms with van der Waals surface area (Å²) in [5, 5.41) is 12.9. The van der Waals surface area contributed by atoms with E-state index < -0.39 is 0 Å². The minimum atomic E-state index is -0.0968. The summed E-state index contributed by atoms with van der Waals surface area (Å²) in [5.41, 5.74) is 1.84. The van der Waals surface area contributed by atoms with Gasteiger partial charge in [-0.2, -0.15) is 0 Å². The highest BCUT2D eigenvalue weighted by atomic mass is 35.5. The Morgan fingerprint density at radius 3 is 2.75 bits per heavy atom. The number of carbonyl (C=O) groups is 1. The van der Waals surface area contributed by atoms with Crippen molar-refractivity contribution < 1.29 is 13.9 Å². The highest BCUT2D eigenvalue weighted by Gasteiger charge is 2.17. The lowest BCUT2D eigenvalue weighted by Crippen LogP contribution is -2.24. The van der Waals surface area contributed by atoms with Gasteiger partial charge in [-0.25, -0.2) is 0 Å². The van der Waals surface area contributed by atoms with Crippen molar-refractivity contribution in [1.82, 2.24) is 20.1 Å². The van der Waals surface area contributed by atoms with Crippen molar-refractivity contribution in [2.45, 2.75) is 18.2 Å². The topological polar surface area (TPSA) is 82.2 Å². The molecule has 0 bridgehead atoms. The number of benzene rings is 2. The molecule has 32 heavy (non-hydrogen) atoms. The number of hydrogen-bond donors (Lipinski definition) is 1. The van der Waals surface area contributed by atoms with Crippen LogP contribution in [0, 0.1) is 0 Å². The fraction of sp³-hybridized carbons (Fsp3) is 0.174. The molecule has 2 heterocycles. The van der Waals surface area contributed by atoms with Gasteiger partial charge < -0.3 is 14.5 Å². The van der Waals surface area contributed by atoms with Crippen molar-refractivity contribution in [2.24, 2.45) is 0 Å². The zero-order valence-corrected chi connectivity index (χ0v) is 18.9. The number of furan rings is 1. The summed E-state index contributed by atoms with van der Waals surface area (Å²) in [7, 11) is 1.62. The number of methoxy groups -OCH3 is 1. The highest BCUT2D eigenvalue weighted by Crippen LogP contribution is 2.27. The van der Waals surface area contributed by atoms with Crippen LogP contribution < -0.4 is 10.1 Å². The first-order valence-electron chi connectivity index (χ1n) is 9.86. The van der Waals surface area contributed by atoms with Crippen molar-refractivity contribution in [3.8, 4) is 17.1 Å². The first kappa shape index (κ1) is 22.0. The predicted molar refractivity (Wildman–Crippen MR) is 124 cm³/mol. The lowest BCUT2D eigenvalue weighted by Gasteiger charge is -2.10. The molecule has 0 saturated heterocycles. The van der Waals surface area contributed by atoms with Crippen molar-refractivity contribution in [3.63, 3.8) is 0 Å². The van der Waals surface area contributed by atoms with E-state index >= 15 is 0 Å². The zero-order valence-electron chi connectivity index (χ0n) is 17.3. The van der Waals surface area contributed by atoms with Crippen molar-refractivity contribution >= 4 is 29.3 Å². The number of nitrogens with one attached hydrogen (secondary N) is 1. The molecule has 0 aliphatic heterocycles. The van der Waals surface area contributed by atoms with Crippen LogP contribution in [0.2, 0.25) is 5.02 Å². The first-order valence-corrected chi connectivity index (χ1v) is 11.2. The number of halogens is 1. The molecular formula is C23H21ClN4O3S. The van der Waals surface area contributed by atoms with Crippen LogP contribution >= 0.6 is 23.4 Å². The monoisotopic (exact) mass is 468 g/mol. The molecule has 2 aromatic carbocycles. The molecule has 4 rings (SSSR count). The molecule has 1 amide bonds. The third-order valence-corrected chi connectivity index (χ3v) is 5.89. The lowest BCUT2D eigenvalue weighted by molar-refractivity contribution is -0.118. The van der Waals surface area contributed by atoms with E-state index in [1.807, 2.05) is 53.1 Å². The van der Waals surface area contributed by atoms with Gasteiger partial charge in [0.05, 0.1) is 25.7 Å². The van der Waals surface area contributed by atoms with Gasteiger partial charge in [0, 0.05) is 17.1 Å². The van der Waals surface area contributed by atoms with Gasteiger partial charge in [0.1, 0.15) is 11.5 Å². The Balaban J connectivity index is 1.48. The van der Waals surface area contributed by atoms with Gasteiger partial charge in [0.2, 0.25) is 5.91 Å². The van der Waals surface area contributed by atoms with Crippen molar-refractivity contribution in [1.29, 1.82) is 0 Å². The van der Waals surface area contributed by atoms with Crippen molar-refractivity contribution in [3.05, 3.63) is 83.3 Å². The van der Waals surface area contributed by atoms with Gasteiger partial charge in [-0.15, -0.1) is 10.2 Å². The van der Waals surface area contributed by atoms with E-state index in [0.717, 1.165) is 22.6 Å². The van der Waals surface area contributed by atoms with Crippen LogP contribution in [0.3, 0.4) is 0 Å². The van der Waals surface area contributed by atoms with Gasteiger partial charge in [-0.3, -0.25) is 9.36 Å². The average Bonchev–Trinajstić information content (AvgIpc) is 3.48. The van der Waals surface area contributed by atoms with E-state index in [4.69, 9.17) is 20.8 Å².